The highest BCUT2D eigenvalue weighted by Crippen LogP contribution is 2.31. The van der Waals surface area contributed by atoms with Crippen LogP contribution in [-0.4, -0.2) is 23.8 Å². The Morgan fingerprint density at radius 1 is 1.35 bits per heavy atom. The molecule has 17 heavy (non-hydrogen) atoms. The van der Waals surface area contributed by atoms with Crippen LogP contribution in [0.1, 0.15) is 37.4 Å². The van der Waals surface area contributed by atoms with E-state index in [9.17, 15) is 8.42 Å². The summed E-state index contributed by atoms with van der Waals surface area (Å²) in [4.78, 5) is 0. The molecule has 1 atom stereocenters. The van der Waals surface area contributed by atoms with Crippen molar-refractivity contribution in [2.75, 3.05) is 6.54 Å². The first-order chi connectivity index (χ1) is 8.00. The molecule has 1 aromatic rings. The molecule has 0 spiro atoms. The fourth-order valence-electron chi connectivity index (χ4n) is 2.50. The van der Waals surface area contributed by atoms with Gasteiger partial charge in [-0.3, -0.25) is 0 Å². The summed E-state index contributed by atoms with van der Waals surface area (Å²) in [5, 5.41) is 5.32. The van der Waals surface area contributed by atoms with Crippen molar-refractivity contribution in [1.82, 2.24) is 8.87 Å². The lowest BCUT2D eigenvalue weighted by atomic mass is 10.1. The standard InChI is InChI=1S/C11H19N3O2S/c1-13-8-5-7-10(13)11-6-3-2-4-9-14(11)17(12,15)16/h5,7-8,11H,2-4,6,9H2,1H3,(H2,12,15,16). The van der Waals surface area contributed by atoms with Crippen LogP contribution in [0, 0.1) is 0 Å². The van der Waals surface area contributed by atoms with Crippen LogP contribution in [0.25, 0.3) is 0 Å². The van der Waals surface area contributed by atoms with Gasteiger partial charge in [0.15, 0.2) is 0 Å². The minimum Gasteiger partial charge on any atom is -0.353 e. The Labute approximate surface area is 102 Å². The summed E-state index contributed by atoms with van der Waals surface area (Å²) in [6.45, 7) is 0.522. The Kier molecular flexibility index (Phi) is 3.56. The Morgan fingerprint density at radius 3 is 2.71 bits per heavy atom. The third-order valence-electron chi connectivity index (χ3n) is 3.36. The summed E-state index contributed by atoms with van der Waals surface area (Å²) in [5.74, 6) is 0. The first-order valence-corrected chi connectivity index (χ1v) is 7.41. The highest BCUT2D eigenvalue weighted by Gasteiger charge is 2.30. The van der Waals surface area contributed by atoms with Crippen LogP contribution in [0.5, 0.6) is 0 Å². The zero-order valence-corrected chi connectivity index (χ0v) is 10.9. The maximum atomic E-state index is 11.7. The number of hydrogen-bond donors (Lipinski definition) is 1. The molecule has 0 bridgehead atoms. The lowest BCUT2D eigenvalue weighted by Gasteiger charge is -2.27. The van der Waals surface area contributed by atoms with E-state index in [2.05, 4.69) is 0 Å². The molecule has 96 valence electrons. The molecule has 0 aliphatic carbocycles. The summed E-state index contributed by atoms with van der Waals surface area (Å²) >= 11 is 0. The van der Waals surface area contributed by atoms with Gasteiger partial charge in [0, 0.05) is 25.5 Å². The third-order valence-corrected chi connectivity index (χ3v) is 4.45. The molecule has 5 nitrogen and oxygen atoms in total. The Balaban J connectivity index is 2.37. The minimum absolute atomic E-state index is 0.118. The van der Waals surface area contributed by atoms with Crippen molar-refractivity contribution in [1.29, 1.82) is 0 Å². The molecule has 0 amide bonds. The topological polar surface area (TPSA) is 68.3 Å². The van der Waals surface area contributed by atoms with Crippen molar-refractivity contribution in [3.63, 3.8) is 0 Å². The van der Waals surface area contributed by atoms with E-state index in [4.69, 9.17) is 5.14 Å². The van der Waals surface area contributed by atoms with Gasteiger partial charge in [0.2, 0.25) is 0 Å². The van der Waals surface area contributed by atoms with E-state index in [0.717, 1.165) is 31.4 Å². The fourth-order valence-corrected chi connectivity index (χ4v) is 3.45. The number of hydrogen-bond acceptors (Lipinski definition) is 2. The Morgan fingerprint density at radius 2 is 2.12 bits per heavy atom. The predicted octanol–water partition coefficient (Wildman–Crippen LogP) is 1.15. The van der Waals surface area contributed by atoms with Crippen molar-refractivity contribution < 1.29 is 8.42 Å². The molecule has 1 aromatic heterocycles. The van der Waals surface area contributed by atoms with E-state index >= 15 is 0 Å². The number of aromatic nitrogens is 1. The molecule has 2 rings (SSSR count). The van der Waals surface area contributed by atoms with E-state index in [-0.39, 0.29) is 6.04 Å². The normalized spacial score (nSPS) is 23.5. The fraction of sp³-hybridized carbons (Fsp3) is 0.636. The molecule has 1 fully saturated rings. The Hall–Kier alpha value is -0.850. The molecule has 1 unspecified atom stereocenters. The molecule has 1 aliphatic heterocycles. The van der Waals surface area contributed by atoms with Gasteiger partial charge in [-0.15, -0.1) is 0 Å². The average molecular weight is 257 g/mol. The quantitative estimate of drug-likeness (QED) is 0.863. The zero-order valence-electron chi connectivity index (χ0n) is 10.0. The van der Waals surface area contributed by atoms with Gasteiger partial charge < -0.3 is 4.57 Å². The van der Waals surface area contributed by atoms with Crippen LogP contribution < -0.4 is 5.14 Å². The second-order valence-electron chi connectivity index (χ2n) is 4.56. The van der Waals surface area contributed by atoms with Gasteiger partial charge in [0.05, 0.1) is 6.04 Å². The van der Waals surface area contributed by atoms with Crippen LogP contribution in [0.15, 0.2) is 18.3 Å². The molecule has 1 aliphatic rings. The molecule has 6 heteroatoms. The first-order valence-electron chi connectivity index (χ1n) is 5.91. The molecule has 2 N–H and O–H groups in total. The summed E-state index contributed by atoms with van der Waals surface area (Å²) in [6.07, 6.45) is 5.77. The number of nitrogens with two attached hydrogens (primary N) is 1. The summed E-state index contributed by atoms with van der Waals surface area (Å²) in [7, 11) is -1.69. The van der Waals surface area contributed by atoms with E-state index in [1.807, 2.05) is 29.9 Å². The average Bonchev–Trinajstić information content (AvgIpc) is 2.52. The summed E-state index contributed by atoms with van der Waals surface area (Å²) in [5.41, 5.74) is 1.01. The van der Waals surface area contributed by atoms with Gasteiger partial charge in [-0.25, -0.2) is 5.14 Å². The lowest BCUT2D eigenvalue weighted by Crippen LogP contribution is -2.40. The van der Waals surface area contributed by atoms with Crippen LogP contribution in [0.4, 0.5) is 0 Å². The summed E-state index contributed by atoms with van der Waals surface area (Å²) in [6, 6.07) is 3.78. The number of rotatable bonds is 2. The van der Waals surface area contributed by atoms with Gasteiger partial charge >= 0.3 is 0 Å². The van der Waals surface area contributed by atoms with Crippen molar-refractivity contribution in [2.45, 2.75) is 31.7 Å². The van der Waals surface area contributed by atoms with Crippen LogP contribution in [0.2, 0.25) is 0 Å². The van der Waals surface area contributed by atoms with Gasteiger partial charge in [-0.1, -0.05) is 12.8 Å². The van der Waals surface area contributed by atoms with Gasteiger partial charge in [0.25, 0.3) is 10.2 Å². The van der Waals surface area contributed by atoms with Crippen molar-refractivity contribution in [3.8, 4) is 0 Å². The van der Waals surface area contributed by atoms with E-state index in [1.165, 1.54) is 4.31 Å². The highest BCUT2D eigenvalue weighted by molar-refractivity contribution is 7.86. The van der Waals surface area contributed by atoms with Crippen LogP contribution >= 0.6 is 0 Å². The number of nitrogens with zero attached hydrogens (tertiary/aromatic N) is 2. The van der Waals surface area contributed by atoms with Gasteiger partial charge in [-0.2, -0.15) is 12.7 Å². The Bertz CT molecular complexity index is 481. The van der Waals surface area contributed by atoms with Gasteiger partial charge in [0.1, 0.15) is 0 Å². The smallest absolute Gasteiger partial charge is 0.277 e. The van der Waals surface area contributed by atoms with E-state index in [0.29, 0.717) is 6.54 Å². The molecule has 2 heterocycles. The van der Waals surface area contributed by atoms with Crippen molar-refractivity contribution in [3.05, 3.63) is 24.0 Å². The molecular formula is C11H19N3O2S. The van der Waals surface area contributed by atoms with Crippen molar-refractivity contribution >= 4 is 10.2 Å². The number of aryl methyl sites for hydroxylation is 1. The maximum Gasteiger partial charge on any atom is 0.277 e. The largest absolute Gasteiger partial charge is 0.353 e. The zero-order chi connectivity index (χ0) is 12.5. The molecular weight excluding hydrogens is 238 g/mol. The first kappa shape index (κ1) is 12.6. The minimum atomic E-state index is -3.62. The summed E-state index contributed by atoms with van der Waals surface area (Å²) < 4.78 is 26.7. The molecule has 0 aromatic carbocycles. The predicted molar refractivity (Wildman–Crippen MR) is 66.4 cm³/mol. The molecule has 1 saturated heterocycles. The third kappa shape index (κ3) is 2.70. The lowest BCUT2D eigenvalue weighted by molar-refractivity contribution is 0.318. The van der Waals surface area contributed by atoms with Gasteiger partial charge in [-0.05, 0) is 25.0 Å². The second kappa shape index (κ2) is 4.80. The second-order valence-corrected chi connectivity index (χ2v) is 6.06. The van der Waals surface area contributed by atoms with Crippen LogP contribution in [-0.2, 0) is 17.3 Å². The maximum absolute atomic E-state index is 11.7. The monoisotopic (exact) mass is 257 g/mol. The van der Waals surface area contributed by atoms with Crippen LogP contribution in [0.3, 0.4) is 0 Å². The van der Waals surface area contributed by atoms with E-state index < -0.39 is 10.2 Å². The SMILES string of the molecule is Cn1cccc1C1CCCCCN1S(N)(=O)=O. The van der Waals surface area contributed by atoms with E-state index in [1.54, 1.807) is 0 Å². The molecule has 0 saturated carbocycles. The van der Waals surface area contributed by atoms with Crippen molar-refractivity contribution in [2.24, 2.45) is 12.2 Å². The highest BCUT2D eigenvalue weighted by atomic mass is 32.2. The molecule has 0 radical (unpaired) electrons.